The Morgan fingerprint density at radius 1 is 1.63 bits per heavy atom. The maximum absolute atomic E-state index is 12.0. The molecule has 1 saturated heterocycles. The maximum Gasteiger partial charge on any atom is 0.403 e. The van der Waals surface area contributed by atoms with Crippen molar-refractivity contribution >= 4 is 25.9 Å². The highest BCUT2D eigenvalue weighted by atomic mass is 32.1. The lowest BCUT2D eigenvalue weighted by Gasteiger charge is -2.27. The number of aromatic amines is 1. The Balaban J connectivity index is 2.14. The average molecular weight is 425 g/mol. The van der Waals surface area contributed by atoms with Crippen LogP contribution in [0.15, 0.2) is 17.1 Å². The van der Waals surface area contributed by atoms with Crippen LogP contribution in [0.4, 0.5) is 0 Å². The van der Waals surface area contributed by atoms with Crippen LogP contribution >= 0.6 is 20.0 Å². The van der Waals surface area contributed by atoms with E-state index in [1.165, 1.54) is 19.2 Å². The number of nitrogens with zero attached hydrogens (tertiary/aromatic N) is 1. The predicted molar refractivity (Wildman–Crippen MR) is 92.4 cm³/mol. The van der Waals surface area contributed by atoms with E-state index in [2.05, 4.69) is 4.98 Å². The van der Waals surface area contributed by atoms with Crippen molar-refractivity contribution in [3.05, 3.63) is 27.4 Å². The number of carbonyl (C=O) groups is 1. The van der Waals surface area contributed by atoms with Gasteiger partial charge in [-0.1, -0.05) is 12.2 Å². The largest absolute Gasteiger partial charge is 0.480 e. The number of hydrogen-bond donors (Lipinski definition) is 6. The normalized spacial score (nSPS) is 31.4. The molecule has 1 fully saturated rings. The van der Waals surface area contributed by atoms with E-state index in [0.29, 0.717) is 0 Å². The number of aromatic nitrogens is 2. The highest BCUT2D eigenvalue weighted by Gasteiger charge is 2.53. The molecule has 1 aliphatic rings. The van der Waals surface area contributed by atoms with E-state index >= 15 is 0 Å². The standard InChI is InChI=1S/C13H20N3O9PS/c1-6(10(18)19)15-26(22,23)24-5-7-9(17)13(2,21)11(25-7)16-4-3-8(27)14-12(16)20/h3-4,6-7,9,11,17,21H,5H2,1-2H3,(H,18,19)(H,14,20,27)(H2,15,22,23)/t6-,7+,9-,11+,13?/m0/s1. The second-order valence-electron chi connectivity index (χ2n) is 6.22. The second-order valence-corrected chi connectivity index (χ2v) is 8.22. The van der Waals surface area contributed by atoms with Gasteiger partial charge in [-0.3, -0.25) is 18.9 Å². The summed E-state index contributed by atoms with van der Waals surface area (Å²) in [7, 11) is -4.52. The molecule has 6 N–H and O–H groups in total. The van der Waals surface area contributed by atoms with E-state index in [1.807, 2.05) is 5.09 Å². The van der Waals surface area contributed by atoms with Crippen molar-refractivity contribution in [3.63, 3.8) is 0 Å². The zero-order chi connectivity index (χ0) is 20.6. The van der Waals surface area contributed by atoms with Crippen molar-refractivity contribution in [2.75, 3.05) is 6.61 Å². The number of carboxylic acids is 1. The zero-order valence-corrected chi connectivity index (χ0v) is 16.0. The zero-order valence-electron chi connectivity index (χ0n) is 14.3. The predicted octanol–water partition coefficient (Wildman–Crippen LogP) is -0.905. The number of aliphatic carboxylic acids is 1. The number of ether oxygens (including phenoxy) is 1. The molecule has 0 bridgehead atoms. The highest BCUT2D eigenvalue weighted by molar-refractivity contribution is 7.71. The molecule has 0 saturated carbocycles. The summed E-state index contributed by atoms with van der Waals surface area (Å²) in [6, 6.07) is 0.0167. The Labute approximate surface area is 158 Å². The fourth-order valence-corrected chi connectivity index (χ4v) is 3.67. The highest BCUT2D eigenvalue weighted by Crippen LogP contribution is 2.42. The third-order valence-electron chi connectivity index (χ3n) is 4.00. The monoisotopic (exact) mass is 425 g/mol. The van der Waals surface area contributed by atoms with Gasteiger partial charge in [0.15, 0.2) is 6.23 Å². The van der Waals surface area contributed by atoms with E-state index < -0.39 is 56.1 Å². The molecule has 0 spiro atoms. The van der Waals surface area contributed by atoms with Gasteiger partial charge in [-0.05, 0) is 19.9 Å². The number of rotatable bonds is 7. The van der Waals surface area contributed by atoms with E-state index in [4.69, 9.17) is 26.6 Å². The number of hydrogen-bond acceptors (Lipinski definition) is 8. The number of aliphatic hydroxyl groups is 2. The molecule has 0 amide bonds. The van der Waals surface area contributed by atoms with E-state index in [-0.39, 0.29) is 4.64 Å². The van der Waals surface area contributed by atoms with Gasteiger partial charge in [0.1, 0.15) is 28.5 Å². The third-order valence-corrected chi connectivity index (χ3v) is 5.45. The SMILES string of the molecule is C[C@H](NP(=O)(O)OC[C@H]1O[C@@H](n2ccc(=S)[nH]c2=O)C(C)(O)[C@H]1O)C(=O)O. The molecule has 2 heterocycles. The maximum atomic E-state index is 12.0. The summed E-state index contributed by atoms with van der Waals surface area (Å²) in [4.78, 5) is 34.8. The lowest BCUT2D eigenvalue weighted by molar-refractivity contribution is -0.138. The molecule has 6 atom stereocenters. The molecule has 12 nitrogen and oxygen atoms in total. The number of carboxylic acid groups (broad SMARTS) is 1. The number of nitrogens with one attached hydrogen (secondary N) is 2. The molecule has 0 aromatic carbocycles. The molecule has 0 aliphatic carbocycles. The van der Waals surface area contributed by atoms with Crippen molar-refractivity contribution < 1.29 is 38.8 Å². The quantitative estimate of drug-likeness (QED) is 0.235. The van der Waals surface area contributed by atoms with E-state index in [0.717, 1.165) is 11.5 Å². The Bertz CT molecular complexity index is 869. The Morgan fingerprint density at radius 3 is 2.81 bits per heavy atom. The average Bonchev–Trinajstić information content (AvgIpc) is 2.76. The summed E-state index contributed by atoms with van der Waals surface area (Å²) in [6.45, 7) is 1.71. The summed E-state index contributed by atoms with van der Waals surface area (Å²) in [6.07, 6.45) is -2.91. The van der Waals surface area contributed by atoms with E-state index in [1.54, 1.807) is 0 Å². The summed E-state index contributed by atoms with van der Waals surface area (Å²) in [5.74, 6) is -1.37. The third kappa shape index (κ3) is 4.89. The molecule has 27 heavy (non-hydrogen) atoms. The first-order valence-corrected chi connectivity index (χ1v) is 9.69. The van der Waals surface area contributed by atoms with Crippen LogP contribution in [0.1, 0.15) is 20.1 Å². The fourth-order valence-electron chi connectivity index (χ4n) is 2.50. The van der Waals surface area contributed by atoms with Gasteiger partial charge >= 0.3 is 19.4 Å². The van der Waals surface area contributed by atoms with Crippen molar-refractivity contribution in [2.45, 2.75) is 43.9 Å². The molecule has 152 valence electrons. The Kier molecular flexibility index (Phi) is 6.39. The summed E-state index contributed by atoms with van der Waals surface area (Å²) < 4.78 is 23.2. The van der Waals surface area contributed by atoms with Gasteiger partial charge in [-0.15, -0.1) is 0 Å². The van der Waals surface area contributed by atoms with Crippen molar-refractivity contribution in [1.29, 1.82) is 0 Å². The first kappa shape index (κ1) is 21.9. The van der Waals surface area contributed by atoms with Crippen LogP contribution < -0.4 is 10.8 Å². The smallest absolute Gasteiger partial charge is 0.403 e. The molecule has 0 radical (unpaired) electrons. The molecule has 1 aliphatic heterocycles. The van der Waals surface area contributed by atoms with Crippen LogP contribution in [-0.2, 0) is 18.6 Å². The van der Waals surface area contributed by atoms with Gasteiger partial charge in [-0.2, -0.15) is 0 Å². The molecule has 1 aromatic heterocycles. The van der Waals surface area contributed by atoms with Crippen LogP contribution in [0, 0.1) is 4.64 Å². The van der Waals surface area contributed by atoms with Crippen molar-refractivity contribution in [1.82, 2.24) is 14.6 Å². The van der Waals surface area contributed by atoms with Crippen LogP contribution in [0.2, 0.25) is 0 Å². The fraction of sp³-hybridized carbons (Fsp3) is 0.615. The van der Waals surface area contributed by atoms with Gasteiger partial charge in [0.05, 0.1) is 6.61 Å². The lowest BCUT2D eigenvalue weighted by atomic mass is 9.96. The lowest BCUT2D eigenvalue weighted by Crippen LogP contribution is -2.46. The molecule has 2 unspecified atom stereocenters. The van der Waals surface area contributed by atoms with Crippen LogP contribution in [-0.4, -0.2) is 66.2 Å². The molecular formula is C13H20N3O9PS. The summed E-state index contributed by atoms with van der Waals surface area (Å²) in [5.41, 5.74) is -2.62. The number of aliphatic hydroxyl groups excluding tert-OH is 1. The molecule has 1 aromatic rings. The molecule has 2 rings (SSSR count). The van der Waals surface area contributed by atoms with Gasteiger partial charge in [0, 0.05) is 6.20 Å². The second kappa shape index (κ2) is 7.89. The minimum Gasteiger partial charge on any atom is -0.480 e. The Hall–Kier alpha value is -1.44. The topological polar surface area (TPSA) is 183 Å². The van der Waals surface area contributed by atoms with Gasteiger partial charge < -0.3 is 24.9 Å². The van der Waals surface area contributed by atoms with Crippen LogP contribution in [0.3, 0.4) is 0 Å². The summed E-state index contributed by atoms with van der Waals surface area (Å²) >= 11 is 4.82. The Morgan fingerprint density at radius 2 is 2.26 bits per heavy atom. The van der Waals surface area contributed by atoms with Gasteiger partial charge in [0.25, 0.3) is 0 Å². The van der Waals surface area contributed by atoms with Crippen molar-refractivity contribution in [3.8, 4) is 0 Å². The first-order chi connectivity index (χ1) is 12.3. The molecular weight excluding hydrogens is 405 g/mol. The first-order valence-electron chi connectivity index (χ1n) is 7.70. The minimum absolute atomic E-state index is 0.161. The van der Waals surface area contributed by atoms with Gasteiger partial charge in [-0.25, -0.2) is 14.4 Å². The van der Waals surface area contributed by atoms with Crippen LogP contribution in [0.25, 0.3) is 0 Å². The summed E-state index contributed by atoms with van der Waals surface area (Å²) in [5, 5.41) is 31.4. The minimum atomic E-state index is -4.52. The van der Waals surface area contributed by atoms with Gasteiger partial charge in [0.2, 0.25) is 0 Å². The van der Waals surface area contributed by atoms with E-state index in [9.17, 15) is 29.3 Å². The van der Waals surface area contributed by atoms with Crippen molar-refractivity contribution in [2.24, 2.45) is 0 Å². The molecule has 14 heteroatoms. The number of H-pyrrole nitrogens is 1. The van der Waals surface area contributed by atoms with Crippen LogP contribution in [0.5, 0.6) is 0 Å².